The Morgan fingerprint density at radius 1 is 1.09 bits per heavy atom. The smallest absolute Gasteiger partial charge is 0.170 e. The van der Waals surface area contributed by atoms with Crippen molar-refractivity contribution in [3.8, 4) is 28.2 Å². The number of ether oxygens (including phenoxy) is 1. The molecule has 3 aromatic rings. The van der Waals surface area contributed by atoms with Gasteiger partial charge in [-0.2, -0.15) is 0 Å². The Morgan fingerprint density at radius 3 is 2.48 bits per heavy atom. The summed E-state index contributed by atoms with van der Waals surface area (Å²) in [4.78, 5) is 0. The van der Waals surface area contributed by atoms with Crippen LogP contribution in [0.15, 0.2) is 59.3 Å². The van der Waals surface area contributed by atoms with Crippen molar-refractivity contribution in [2.45, 2.75) is 20.0 Å². The normalized spacial score (nSPS) is 12.3. The van der Waals surface area contributed by atoms with E-state index in [9.17, 15) is 5.11 Å². The maximum absolute atomic E-state index is 10.0. The summed E-state index contributed by atoms with van der Waals surface area (Å²) in [5.41, 5.74) is 3.85. The van der Waals surface area contributed by atoms with Crippen LogP contribution >= 0.6 is 0 Å². The zero-order chi connectivity index (χ0) is 16.2. The van der Waals surface area contributed by atoms with Crippen molar-refractivity contribution in [3.05, 3.63) is 60.3 Å². The molecule has 0 aliphatic carbocycles. The molecule has 0 bridgehead atoms. The summed E-state index contributed by atoms with van der Waals surface area (Å²) in [5, 5.41) is 13.7. The predicted octanol–water partition coefficient (Wildman–Crippen LogP) is 4.81. The largest absolute Gasteiger partial charge is 0.507 e. The van der Waals surface area contributed by atoms with Gasteiger partial charge < -0.3 is 14.4 Å². The second-order valence-electron chi connectivity index (χ2n) is 5.33. The van der Waals surface area contributed by atoms with Gasteiger partial charge in [-0.3, -0.25) is 0 Å². The van der Waals surface area contributed by atoms with Gasteiger partial charge in [0, 0.05) is 12.7 Å². The van der Waals surface area contributed by atoms with Crippen molar-refractivity contribution in [1.82, 2.24) is 5.16 Å². The third-order valence-corrected chi connectivity index (χ3v) is 3.83. The maximum Gasteiger partial charge on any atom is 0.170 e. The Morgan fingerprint density at radius 2 is 1.83 bits per heavy atom. The number of aromatic nitrogens is 1. The molecule has 0 aliphatic heterocycles. The van der Waals surface area contributed by atoms with Gasteiger partial charge >= 0.3 is 0 Å². The monoisotopic (exact) mass is 309 g/mol. The highest BCUT2D eigenvalue weighted by molar-refractivity contribution is 5.75. The van der Waals surface area contributed by atoms with Crippen LogP contribution in [-0.4, -0.2) is 16.9 Å². The number of phenolic OH excluding ortho intramolecular Hbond substituents is 1. The lowest BCUT2D eigenvalue weighted by molar-refractivity contribution is 0.0764. The Bertz CT molecular complexity index is 764. The molecular weight excluding hydrogens is 290 g/mol. The van der Waals surface area contributed by atoms with Crippen molar-refractivity contribution in [3.63, 3.8) is 0 Å². The summed E-state index contributed by atoms with van der Waals surface area (Å²) in [7, 11) is 0. The first kappa shape index (κ1) is 15.3. The Kier molecular flexibility index (Phi) is 4.44. The molecule has 0 saturated heterocycles. The third kappa shape index (κ3) is 3.27. The molecule has 0 amide bonds. The van der Waals surface area contributed by atoms with Crippen molar-refractivity contribution in [2.24, 2.45) is 0 Å². The first-order chi connectivity index (χ1) is 11.2. The highest BCUT2D eigenvalue weighted by Crippen LogP contribution is 2.33. The third-order valence-electron chi connectivity index (χ3n) is 3.83. The molecule has 1 N–H and O–H groups in total. The quantitative estimate of drug-likeness (QED) is 0.734. The first-order valence-corrected chi connectivity index (χ1v) is 7.65. The van der Waals surface area contributed by atoms with Gasteiger partial charge in [-0.05, 0) is 42.7 Å². The lowest BCUT2D eigenvalue weighted by Crippen LogP contribution is -1.98. The van der Waals surface area contributed by atoms with Gasteiger partial charge in [0.15, 0.2) is 5.76 Å². The van der Waals surface area contributed by atoms with E-state index in [4.69, 9.17) is 9.26 Å². The van der Waals surface area contributed by atoms with Gasteiger partial charge in [-0.1, -0.05) is 35.5 Å². The van der Waals surface area contributed by atoms with E-state index in [0.717, 1.165) is 16.7 Å². The maximum atomic E-state index is 10.0. The molecule has 0 fully saturated rings. The lowest BCUT2D eigenvalue weighted by atomic mass is 9.99. The SMILES string of the molecule is CCOC(C)c1ccc(-c2ccc(O)c(-c3ccno3)c2)cc1. The van der Waals surface area contributed by atoms with Crippen molar-refractivity contribution >= 4 is 0 Å². The molecular formula is C19H19NO3. The molecule has 0 saturated carbocycles. The highest BCUT2D eigenvalue weighted by atomic mass is 16.5. The van der Waals surface area contributed by atoms with Crippen molar-refractivity contribution in [1.29, 1.82) is 0 Å². The van der Waals surface area contributed by atoms with Crippen LogP contribution in [0.4, 0.5) is 0 Å². The average Bonchev–Trinajstić information content (AvgIpc) is 3.10. The zero-order valence-corrected chi connectivity index (χ0v) is 13.2. The molecule has 4 heteroatoms. The molecule has 2 aromatic carbocycles. The first-order valence-electron chi connectivity index (χ1n) is 7.65. The predicted molar refractivity (Wildman–Crippen MR) is 89.1 cm³/mol. The summed E-state index contributed by atoms with van der Waals surface area (Å²) in [6.45, 7) is 4.73. The van der Waals surface area contributed by atoms with Crippen LogP contribution in [-0.2, 0) is 4.74 Å². The molecule has 0 aliphatic rings. The van der Waals surface area contributed by atoms with Gasteiger partial charge in [-0.25, -0.2) is 0 Å². The lowest BCUT2D eigenvalue weighted by Gasteiger charge is -2.13. The summed E-state index contributed by atoms with van der Waals surface area (Å²) in [6.07, 6.45) is 1.64. The van der Waals surface area contributed by atoms with Crippen LogP contribution in [0.3, 0.4) is 0 Å². The topological polar surface area (TPSA) is 55.5 Å². The van der Waals surface area contributed by atoms with Gasteiger partial charge in [0.25, 0.3) is 0 Å². The van der Waals surface area contributed by atoms with Crippen LogP contribution in [0.1, 0.15) is 25.5 Å². The molecule has 0 radical (unpaired) electrons. The van der Waals surface area contributed by atoms with Gasteiger partial charge in [0.2, 0.25) is 0 Å². The fourth-order valence-electron chi connectivity index (χ4n) is 2.56. The van der Waals surface area contributed by atoms with Crippen LogP contribution < -0.4 is 0 Å². The fourth-order valence-corrected chi connectivity index (χ4v) is 2.56. The standard InChI is InChI=1S/C19H19NO3/c1-3-22-13(2)14-4-6-15(7-5-14)16-8-9-18(21)17(12-16)19-10-11-20-23-19/h4-13,21H,3H2,1-2H3. The van der Waals surface area contributed by atoms with E-state index in [1.807, 2.05) is 26.0 Å². The van der Waals surface area contributed by atoms with E-state index in [0.29, 0.717) is 17.9 Å². The molecule has 1 atom stereocenters. The van der Waals surface area contributed by atoms with Crippen molar-refractivity contribution < 1.29 is 14.4 Å². The molecule has 1 aromatic heterocycles. The second kappa shape index (κ2) is 6.67. The van der Waals surface area contributed by atoms with Crippen LogP contribution in [0.2, 0.25) is 0 Å². The van der Waals surface area contributed by atoms with E-state index in [2.05, 4.69) is 29.4 Å². The number of phenols is 1. The van der Waals surface area contributed by atoms with E-state index in [1.54, 1.807) is 18.3 Å². The van der Waals surface area contributed by atoms with Gasteiger partial charge in [-0.15, -0.1) is 0 Å². The van der Waals surface area contributed by atoms with E-state index in [1.165, 1.54) is 0 Å². The highest BCUT2D eigenvalue weighted by Gasteiger charge is 2.11. The number of hydrogen-bond donors (Lipinski definition) is 1. The Labute approximate surface area is 135 Å². The minimum Gasteiger partial charge on any atom is -0.507 e. The minimum atomic E-state index is 0.0821. The number of hydrogen-bond acceptors (Lipinski definition) is 4. The van der Waals surface area contributed by atoms with Crippen LogP contribution in [0.5, 0.6) is 5.75 Å². The van der Waals surface area contributed by atoms with Crippen LogP contribution in [0, 0.1) is 0 Å². The molecule has 1 unspecified atom stereocenters. The van der Waals surface area contributed by atoms with E-state index < -0.39 is 0 Å². The Balaban J connectivity index is 1.92. The zero-order valence-electron chi connectivity index (χ0n) is 13.2. The number of nitrogens with zero attached hydrogens (tertiary/aromatic N) is 1. The number of rotatable bonds is 5. The van der Waals surface area contributed by atoms with E-state index in [-0.39, 0.29) is 11.9 Å². The molecule has 118 valence electrons. The minimum absolute atomic E-state index is 0.0821. The second-order valence-corrected chi connectivity index (χ2v) is 5.33. The summed E-state index contributed by atoms with van der Waals surface area (Å²) in [6, 6.07) is 15.4. The average molecular weight is 309 g/mol. The molecule has 0 spiro atoms. The number of benzene rings is 2. The molecule has 3 rings (SSSR count). The molecule has 23 heavy (non-hydrogen) atoms. The van der Waals surface area contributed by atoms with Crippen molar-refractivity contribution in [2.75, 3.05) is 6.61 Å². The fraction of sp³-hybridized carbons (Fsp3) is 0.211. The van der Waals surface area contributed by atoms with E-state index >= 15 is 0 Å². The molecule has 4 nitrogen and oxygen atoms in total. The summed E-state index contributed by atoms with van der Waals surface area (Å²) >= 11 is 0. The van der Waals surface area contributed by atoms with Gasteiger partial charge in [0.1, 0.15) is 5.75 Å². The number of aromatic hydroxyl groups is 1. The summed E-state index contributed by atoms with van der Waals surface area (Å²) in [5.74, 6) is 0.720. The van der Waals surface area contributed by atoms with Gasteiger partial charge in [0.05, 0.1) is 17.9 Å². The summed E-state index contributed by atoms with van der Waals surface area (Å²) < 4.78 is 10.7. The molecule has 1 heterocycles. The van der Waals surface area contributed by atoms with Crippen LogP contribution in [0.25, 0.3) is 22.5 Å². The Hall–Kier alpha value is -2.59.